The lowest BCUT2D eigenvalue weighted by Crippen LogP contribution is -2.21. The third-order valence-electron chi connectivity index (χ3n) is 4.08. The van der Waals surface area contributed by atoms with Crippen LogP contribution in [-0.2, 0) is 12.7 Å². The van der Waals surface area contributed by atoms with Gasteiger partial charge in [0.25, 0.3) is 5.56 Å². The van der Waals surface area contributed by atoms with Gasteiger partial charge in [-0.1, -0.05) is 0 Å². The number of aromatic nitrogens is 2. The molecule has 0 saturated carbocycles. The summed E-state index contributed by atoms with van der Waals surface area (Å²) in [5.74, 6) is 0.446. The number of nitrogens with zero attached hydrogens (tertiary/aromatic N) is 2. The van der Waals surface area contributed by atoms with Gasteiger partial charge in [0.05, 0.1) is 16.5 Å². The van der Waals surface area contributed by atoms with Crippen LogP contribution in [0.25, 0.3) is 22.6 Å². The normalized spacial score (nSPS) is 15.9. The number of fused-ring (bicyclic) bond motifs is 2. The Morgan fingerprint density at radius 1 is 1.28 bits per heavy atom. The Morgan fingerprint density at radius 3 is 2.76 bits per heavy atom. The Hall–Kier alpha value is -1.93. The minimum atomic E-state index is -4.47. The average molecular weight is 427 g/mol. The highest BCUT2D eigenvalue weighted by molar-refractivity contribution is 9.10. The number of benzene rings is 1. The maximum Gasteiger partial charge on any atom is 0.416 e. The van der Waals surface area contributed by atoms with E-state index in [-0.39, 0.29) is 16.5 Å². The Kier molecular flexibility index (Phi) is 3.84. The van der Waals surface area contributed by atoms with E-state index in [4.69, 9.17) is 0 Å². The summed E-state index contributed by atoms with van der Waals surface area (Å²) < 4.78 is 41.3. The molecule has 3 heterocycles. The van der Waals surface area contributed by atoms with Gasteiger partial charge in [-0.15, -0.1) is 11.3 Å². The predicted molar refractivity (Wildman–Crippen MR) is 95.5 cm³/mol. The fourth-order valence-electron chi connectivity index (χ4n) is 2.91. The summed E-state index contributed by atoms with van der Waals surface area (Å²) in [6.07, 6.45) is -1.91. The minimum absolute atomic E-state index is 0.0752. The fraction of sp³-hybridized carbons (Fsp3) is 0.176. The second-order valence-corrected chi connectivity index (χ2v) is 7.57. The molecule has 1 aliphatic heterocycles. The fourth-order valence-corrected chi connectivity index (χ4v) is 4.31. The first-order valence-electron chi connectivity index (χ1n) is 7.40. The lowest BCUT2D eigenvalue weighted by atomic mass is 10.1. The summed E-state index contributed by atoms with van der Waals surface area (Å²) in [6, 6.07) is 5.02. The maximum absolute atomic E-state index is 12.9. The third-order valence-corrected chi connectivity index (χ3v) is 5.72. The number of allylic oxidation sites excluding steroid dienone is 1. The van der Waals surface area contributed by atoms with Crippen molar-refractivity contribution < 1.29 is 13.2 Å². The molecule has 0 bridgehead atoms. The molecule has 4 rings (SSSR count). The summed E-state index contributed by atoms with van der Waals surface area (Å²) in [4.78, 5) is 17.9. The Bertz CT molecular complexity index is 1080. The van der Waals surface area contributed by atoms with Gasteiger partial charge in [0, 0.05) is 21.3 Å². The molecule has 0 atom stereocenters. The quantitative estimate of drug-likeness (QED) is 0.536. The number of hydrogen-bond donors (Lipinski definition) is 0. The van der Waals surface area contributed by atoms with Crippen LogP contribution in [0.1, 0.15) is 22.7 Å². The van der Waals surface area contributed by atoms with Crippen molar-refractivity contribution in [2.75, 3.05) is 0 Å². The van der Waals surface area contributed by atoms with E-state index in [1.807, 2.05) is 17.5 Å². The zero-order valence-electron chi connectivity index (χ0n) is 12.6. The molecule has 1 aliphatic rings. The second kappa shape index (κ2) is 5.81. The molecule has 2 aromatic heterocycles. The highest BCUT2D eigenvalue weighted by Crippen LogP contribution is 2.33. The van der Waals surface area contributed by atoms with E-state index in [0.717, 1.165) is 27.1 Å². The molecular weight excluding hydrogens is 417 g/mol. The summed E-state index contributed by atoms with van der Waals surface area (Å²) in [6.45, 7) is 0.483. The second-order valence-electron chi connectivity index (χ2n) is 5.71. The summed E-state index contributed by atoms with van der Waals surface area (Å²) in [5, 5.41) is 2.15. The summed E-state index contributed by atoms with van der Waals surface area (Å²) in [7, 11) is 0. The summed E-state index contributed by atoms with van der Waals surface area (Å²) in [5.41, 5.74) is -0.177. The van der Waals surface area contributed by atoms with Crippen molar-refractivity contribution in [2.24, 2.45) is 0 Å². The topological polar surface area (TPSA) is 34.9 Å². The number of thiophene rings is 1. The van der Waals surface area contributed by atoms with Crippen LogP contribution in [0.4, 0.5) is 13.2 Å². The van der Waals surface area contributed by atoms with E-state index in [1.165, 1.54) is 22.0 Å². The monoisotopic (exact) mass is 426 g/mol. The molecule has 0 fully saturated rings. The molecule has 3 nitrogen and oxygen atoms in total. The first-order chi connectivity index (χ1) is 11.8. The predicted octanol–water partition coefficient (Wildman–Crippen LogP) is 5.18. The molecule has 25 heavy (non-hydrogen) atoms. The molecule has 0 radical (unpaired) electrons. The molecule has 0 N–H and O–H groups in total. The lowest BCUT2D eigenvalue weighted by Gasteiger charge is -2.09. The van der Waals surface area contributed by atoms with E-state index in [2.05, 4.69) is 20.9 Å². The van der Waals surface area contributed by atoms with Gasteiger partial charge in [-0.2, -0.15) is 13.2 Å². The first-order valence-corrected chi connectivity index (χ1v) is 9.07. The van der Waals surface area contributed by atoms with Crippen LogP contribution in [0.3, 0.4) is 0 Å². The Morgan fingerprint density at radius 2 is 2.08 bits per heavy atom. The van der Waals surface area contributed by atoms with E-state index < -0.39 is 11.7 Å². The van der Waals surface area contributed by atoms with Gasteiger partial charge < -0.3 is 0 Å². The average Bonchev–Trinajstić information content (AvgIpc) is 3.13. The maximum atomic E-state index is 12.9. The van der Waals surface area contributed by atoms with Crippen molar-refractivity contribution in [1.29, 1.82) is 0 Å². The minimum Gasteiger partial charge on any atom is -0.292 e. The van der Waals surface area contributed by atoms with Gasteiger partial charge in [-0.3, -0.25) is 9.36 Å². The largest absolute Gasteiger partial charge is 0.416 e. The van der Waals surface area contributed by atoms with Gasteiger partial charge in [0.1, 0.15) is 5.82 Å². The van der Waals surface area contributed by atoms with Gasteiger partial charge in [-0.25, -0.2) is 4.98 Å². The third kappa shape index (κ3) is 2.93. The number of alkyl halides is 3. The van der Waals surface area contributed by atoms with E-state index in [9.17, 15) is 18.0 Å². The van der Waals surface area contributed by atoms with Gasteiger partial charge >= 0.3 is 6.18 Å². The highest BCUT2D eigenvalue weighted by Gasteiger charge is 2.31. The molecule has 3 aromatic rings. The number of halogens is 4. The van der Waals surface area contributed by atoms with Crippen LogP contribution in [0.15, 0.2) is 38.9 Å². The number of rotatable bonds is 1. The van der Waals surface area contributed by atoms with E-state index in [1.54, 1.807) is 0 Å². The van der Waals surface area contributed by atoms with Crippen LogP contribution < -0.4 is 5.56 Å². The molecule has 1 aromatic carbocycles. The van der Waals surface area contributed by atoms with Gasteiger partial charge in [0.2, 0.25) is 0 Å². The molecule has 0 amide bonds. The van der Waals surface area contributed by atoms with Crippen LogP contribution in [0.5, 0.6) is 0 Å². The van der Waals surface area contributed by atoms with Crippen molar-refractivity contribution in [3.63, 3.8) is 0 Å². The Balaban J connectivity index is 1.90. The molecule has 128 valence electrons. The molecule has 0 unspecified atom stereocenters. The molecule has 8 heteroatoms. The van der Waals surface area contributed by atoms with Gasteiger partial charge in [0.15, 0.2) is 0 Å². The Labute approximate surface area is 152 Å². The van der Waals surface area contributed by atoms with E-state index >= 15 is 0 Å². The zero-order valence-corrected chi connectivity index (χ0v) is 15.0. The molecule has 0 saturated heterocycles. The van der Waals surface area contributed by atoms with Crippen molar-refractivity contribution in [3.05, 3.63) is 60.7 Å². The van der Waals surface area contributed by atoms with Crippen LogP contribution in [0, 0.1) is 0 Å². The SMILES string of the molecule is O=c1c2ccc(C(F)(F)F)cc2nc2n1CCC2=Cc1cc(Br)cs1. The van der Waals surface area contributed by atoms with Crippen molar-refractivity contribution >= 4 is 49.8 Å². The lowest BCUT2D eigenvalue weighted by molar-refractivity contribution is -0.137. The van der Waals surface area contributed by atoms with Crippen LogP contribution in [0.2, 0.25) is 0 Å². The van der Waals surface area contributed by atoms with Crippen molar-refractivity contribution in [1.82, 2.24) is 9.55 Å². The molecule has 0 aliphatic carbocycles. The molecular formula is C17H10BrF3N2OS. The zero-order chi connectivity index (χ0) is 17.8. The van der Waals surface area contributed by atoms with Gasteiger partial charge in [-0.05, 0) is 58.3 Å². The first kappa shape index (κ1) is 16.5. The standard InChI is InChI=1S/C17H10BrF3N2OS/c18-11-7-12(25-8-11)5-9-3-4-23-15(9)22-14-6-10(17(19,20)21)1-2-13(14)16(23)24/h1-2,5-8H,3-4H2. The van der Waals surface area contributed by atoms with Crippen LogP contribution in [-0.4, -0.2) is 9.55 Å². The van der Waals surface area contributed by atoms with E-state index in [0.29, 0.717) is 18.8 Å². The summed E-state index contributed by atoms with van der Waals surface area (Å²) >= 11 is 4.93. The number of hydrogen-bond acceptors (Lipinski definition) is 3. The highest BCUT2D eigenvalue weighted by atomic mass is 79.9. The molecule has 0 spiro atoms. The van der Waals surface area contributed by atoms with Crippen molar-refractivity contribution in [2.45, 2.75) is 19.1 Å². The van der Waals surface area contributed by atoms with Crippen molar-refractivity contribution in [3.8, 4) is 0 Å². The van der Waals surface area contributed by atoms with Crippen LogP contribution >= 0.6 is 27.3 Å². The smallest absolute Gasteiger partial charge is 0.292 e.